The molecule has 2 unspecified atom stereocenters. The fraction of sp³-hybridized carbons (Fsp3) is 0.538. The Hall–Kier alpha value is -1.13. The van der Waals surface area contributed by atoms with E-state index in [-0.39, 0.29) is 17.5 Å². The summed E-state index contributed by atoms with van der Waals surface area (Å²) in [6.07, 6.45) is 1.77. The minimum atomic E-state index is -0.250. The van der Waals surface area contributed by atoms with Gasteiger partial charge in [0.2, 0.25) is 0 Å². The van der Waals surface area contributed by atoms with Crippen molar-refractivity contribution < 1.29 is 9.13 Å². The highest BCUT2D eigenvalue weighted by Crippen LogP contribution is 2.29. The largest absolute Gasteiger partial charge is 0.378 e. The number of para-hydroxylation sites is 1. The second kappa shape index (κ2) is 5.02. The van der Waals surface area contributed by atoms with Crippen LogP contribution in [0.3, 0.4) is 0 Å². The minimum Gasteiger partial charge on any atom is -0.378 e. The van der Waals surface area contributed by atoms with Gasteiger partial charge in [-0.15, -0.1) is 0 Å². The van der Waals surface area contributed by atoms with E-state index in [0.29, 0.717) is 18.8 Å². The molecule has 1 aromatic carbocycles. The van der Waals surface area contributed by atoms with Crippen molar-refractivity contribution in [2.45, 2.75) is 31.4 Å². The molecular formula is C13H19FN2O. The average Bonchev–Trinajstić information content (AvgIpc) is 2.32. The lowest BCUT2D eigenvalue weighted by Crippen LogP contribution is -2.51. The Morgan fingerprint density at radius 3 is 2.94 bits per heavy atom. The molecule has 2 atom stereocenters. The van der Waals surface area contributed by atoms with Crippen LogP contribution >= 0.6 is 0 Å². The predicted octanol–water partition coefficient (Wildman–Crippen LogP) is 2.13. The molecule has 0 saturated carbocycles. The monoisotopic (exact) mass is 238 g/mol. The van der Waals surface area contributed by atoms with Gasteiger partial charge in [-0.1, -0.05) is 12.1 Å². The van der Waals surface area contributed by atoms with E-state index in [1.54, 1.807) is 12.1 Å². The van der Waals surface area contributed by atoms with Gasteiger partial charge in [0.1, 0.15) is 5.82 Å². The summed E-state index contributed by atoms with van der Waals surface area (Å²) in [5.41, 5.74) is 6.13. The summed E-state index contributed by atoms with van der Waals surface area (Å²) in [7, 11) is 0. The summed E-state index contributed by atoms with van der Waals surface area (Å²) < 4.78 is 19.1. The summed E-state index contributed by atoms with van der Waals surface area (Å²) in [6.45, 7) is 3.17. The van der Waals surface area contributed by atoms with Crippen molar-refractivity contribution in [2.24, 2.45) is 5.73 Å². The zero-order chi connectivity index (χ0) is 12.3. The smallest absolute Gasteiger partial charge is 0.146 e. The summed E-state index contributed by atoms with van der Waals surface area (Å²) in [6, 6.07) is 6.70. The third kappa shape index (κ3) is 2.76. The molecule has 1 aromatic rings. The predicted molar refractivity (Wildman–Crippen MR) is 66.5 cm³/mol. The number of rotatable bonds is 3. The molecule has 1 heterocycles. The fourth-order valence-electron chi connectivity index (χ4n) is 2.36. The number of anilines is 1. The summed E-state index contributed by atoms with van der Waals surface area (Å²) in [5.74, 6) is -0.237. The average molecular weight is 238 g/mol. The van der Waals surface area contributed by atoms with Crippen LogP contribution in [0.2, 0.25) is 0 Å². The van der Waals surface area contributed by atoms with Crippen LogP contribution in [0.5, 0.6) is 0 Å². The first kappa shape index (κ1) is 12.3. The first-order chi connectivity index (χ1) is 8.15. The van der Waals surface area contributed by atoms with E-state index >= 15 is 0 Å². The molecule has 0 aromatic heterocycles. The molecule has 0 radical (unpaired) electrons. The Bertz CT molecular complexity index is 385. The van der Waals surface area contributed by atoms with E-state index in [2.05, 4.69) is 5.32 Å². The van der Waals surface area contributed by atoms with Gasteiger partial charge in [0.05, 0.1) is 17.3 Å². The molecule has 3 N–H and O–H groups in total. The van der Waals surface area contributed by atoms with Gasteiger partial charge < -0.3 is 15.8 Å². The van der Waals surface area contributed by atoms with Crippen molar-refractivity contribution in [3.8, 4) is 0 Å². The quantitative estimate of drug-likeness (QED) is 0.848. The topological polar surface area (TPSA) is 47.3 Å². The molecule has 2 rings (SSSR count). The molecule has 17 heavy (non-hydrogen) atoms. The van der Waals surface area contributed by atoms with E-state index in [0.717, 1.165) is 12.8 Å². The van der Waals surface area contributed by atoms with E-state index in [1.165, 1.54) is 6.07 Å². The number of benzene rings is 1. The Morgan fingerprint density at radius 2 is 2.29 bits per heavy atom. The number of hydrogen-bond donors (Lipinski definition) is 2. The second-order valence-electron chi connectivity index (χ2n) is 4.72. The molecule has 94 valence electrons. The lowest BCUT2D eigenvalue weighted by atomic mass is 9.86. The Balaban J connectivity index is 2.17. The normalized spacial score (nSPS) is 29.0. The number of halogens is 1. The molecule has 4 heteroatoms. The van der Waals surface area contributed by atoms with E-state index in [4.69, 9.17) is 10.5 Å². The van der Waals surface area contributed by atoms with Gasteiger partial charge in [0, 0.05) is 13.2 Å². The molecule has 0 bridgehead atoms. The molecule has 0 amide bonds. The lowest BCUT2D eigenvalue weighted by Gasteiger charge is -2.40. The highest BCUT2D eigenvalue weighted by atomic mass is 19.1. The Morgan fingerprint density at radius 1 is 1.53 bits per heavy atom. The maximum atomic E-state index is 13.6. The third-order valence-corrected chi connectivity index (χ3v) is 3.33. The summed E-state index contributed by atoms with van der Waals surface area (Å²) in [5, 5.41) is 3.26. The maximum Gasteiger partial charge on any atom is 0.146 e. The van der Waals surface area contributed by atoms with Crippen LogP contribution in [0.1, 0.15) is 19.8 Å². The number of ether oxygens (including phenoxy) is 1. The van der Waals surface area contributed by atoms with Crippen LogP contribution in [0.4, 0.5) is 10.1 Å². The van der Waals surface area contributed by atoms with Crippen molar-refractivity contribution in [3.63, 3.8) is 0 Å². The van der Waals surface area contributed by atoms with Crippen molar-refractivity contribution in [1.82, 2.24) is 0 Å². The third-order valence-electron chi connectivity index (χ3n) is 3.33. The van der Waals surface area contributed by atoms with Crippen LogP contribution in [0, 0.1) is 5.82 Å². The van der Waals surface area contributed by atoms with Crippen molar-refractivity contribution in [1.29, 1.82) is 0 Å². The summed E-state index contributed by atoms with van der Waals surface area (Å²) >= 11 is 0. The van der Waals surface area contributed by atoms with Crippen molar-refractivity contribution in [2.75, 3.05) is 18.5 Å². The highest BCUT2D eigenvalue weighted by molar-refractivity contribution is 5.47. The van der Waals surface area contributed by atoms with Crippen LogP contribution in [-0.2, 0) is 4.74 Å². The maximum absolute atomic E-state index is 13.6. The van der Waals surface area contributed by atoms with Crippen molar-refractivity contribution in [3.05, 3.63) is 30.1 Å². The van der Waals surface area contributed by atoms with Gasteiger partial charge in [0.25, 0.3) is 0 Å². The number of nitrogens with one attached hydrogen (secondary N) is 1. The molecule has 1 aliphatic heterocycles. The number of hydrogen-bond acceptors (Lipinski definition) is 3. The Kier molecular flexibility index (Phi) is 3.64. The van der Waals surface area contributed by atoms with E-state index in [1.807, 2.05) is 13.0 Å². The molecule has 1 aliphatic rings. The van der Waals surface area contributed by atoms with Crippen LogP contribution in [0.15, 0.2) is 24.3 Å². The fourth-order valence-corrected chi connectivity index (χ4v) is 2.36. The van der Waals surface area contributed by atoms with Gasteiger partial charge in [-0.3, -0.25) is 0 Å². The molecule has 1 saturated heterocycles. The zero-order valence-electron chi connectivity index (χ0n) is 10.1. The first-order valence-electron chi connectivity index (χ1n) is 6.00. The van der Waals surface area contributed by atoms with Crippen LogP contribution < -0.4 is 11.1 Å². The first-order valence-corrected chi connectivity index (χ1v) is 6.00. The Labute approximate surface area is 101 Å². The molecule has 3 nitrogen and oxygen atoms in total. The second-order valence-corrected chi connectivity index (χ2v) is 4.72. The van der Waals surface area contributed by atoms with Crippen LogP contribution in [-0.4, -0.2) is 24.8 Å². The molecule has 1 fully saturated rings. The van der Waals surface area contributed by atoms with Gasteiger partial charge in [-0.25, -0.2) is 4.39 Å². The van der Waals surface area contributed by atoms with Gasteiger partial charge in [-0.05, 0) is 31.9 Å². The van der Waals surface area contributed by atoms with E-state index < -0.39 is 0 Å². The summed E-state index contributed by atoms with van der Waals surface area (Å²) in [4.78, 5) is 0. The molecule has 0 aliphatic carbocycles. The molecular weight excluding hydrogens is 219 g/mol. The SMILES string of the molecule is CC1CC(CN)(Nc2ccccc2F)CCO1. The van der Waals surface area contributed by atoms with Gasteiger partial charge >= 0.3 is 0 Å². The van der Waals surface area contributed by atoms with Crippen molar-refractivity contribution >= 4 is 5.69 Å². The van der Waals surface area contributed by atoms with E-state index in [9.17, 15) is 4.39 Å². The lowest BCUT2D eigenvalue weighted by molar-refractivity contribution is 0.000187. The number of nitrogens with two attached hydrogens (primary N) is 1. The minimum absolute atomic E-state index is 0.159. The highest BCUT2D eigenvalue weighted by Gasteiger charge is 2.34. The van der Waals surface area contributed by atoms with Gasteiger partial charge in [-0.2, -0.15) is 0 Å². The van der Waals surface area contributed by atoms with Gasteiger partial charge in [0.15, 0.2) is 0 Å². The standard InChI is InChI=1S/C13H19FN2O/c1-10-8-13(9-15,6-7-17-10)16-12-5-3-2-4-11(12)14/h2-5,10,16H,6-9,15H2,1H3. The van der Waals surface area contributed by atoms with Crippen LogP contribution in [0.25, 0.3) is 0 Å². The zero-order valence-corrected chi connectivity index (χ0v) is 10.1. The molecule has 0 spiro atoms.